The van der Waals surface area contributed by atoms with Crippen LogP contribution >= 0.6 is 0 Å². The van der Waals surface area contributed by atoms with E-state index in [2.05, 4.69) is 5.32 Å². The van der Waals surface area contributed by atoms with Crippen LogP contribution in [0.25, 0.3) is 0 Å². The number of amides is 1. The zero-order valence-corrected chi connectivity index (χ0v) is 17.0. The van der Waals surface area contributed by atoms with Crippen LogP contribution in [0.4, 0.5) is 5.69 Å². The van der Waals surface area contributed by atoms with Crippen molar-refractivity contribution in [1.82, 2.24) is 4.31 Å². The van der Waals surface area contributed by atoms with Crippen molar-refractivity contribution in [3.63, 3.8) is 0 Å². The molecule has 1 aliphatic heterocycles. The van der Waals surface area contributed by atoms with Gasteiger partial charge >= 0.3 is 0 Å². The van der Waals surface area contributed by atoms with Gasteiger partial charge in [-0.25, -0.2) is 8.42 Å². The van der Waals surface area contributed by atoms with E-state index in [-0.39, 0.29) is 16.7 Å². The van der Waals surface area contributed by atoms with Crippen LogP contribution in [0, 0.1) is 12.8 Å². The second-order valence-electron chi connectivity index (χ2n) is 6.89. The molecule has 2 aromatic carbocycles. The predicted octanol–water partition coefficient (Wildman–Crippen LogP) is 3.43. The van der Waals surface area contributed by atoms with Gasteiger partial charge in [0.2, 0.25) is 15.9 Å². The molecule has 0 radical (unpaired) electrons. The molecule has 3 rings (SSSR count). The van der Waals surface area contributed by atoms with Crippen molar-refractivity contribution in [1.29, 1.82) is 0 Å². The van der Waals surface area contributed by atoms with E-state index in [1.165, 1.54) is 4.31 Å². The lowest BCUT2D eigenvalue weighted by Crippen LogP contribution is -2.41. The first-order chi connectivity index (χ1) is 13.4. The highest BCUT2D eigenvalue weighted by atomic mass is 32.2. The third-order valence-corrected chi connectivity index (χ3v) is 6.84. The van der Waals surface area contributed by atoms with E-state index in [0.29, 0.717) is 38.3 Å². The van der Waals surface area contributed by atoms with Crippen LogP contribution in [-0.2, 0) is 14.8 Å². The summed E-state index contributed by atoms with van der Waals surface area (Å²) >= 11 is 0. The molecule has 1 heterocycles. The summed E-state index contributed by atoms with van der Waals surface area (Å²) < 4.78 is 32.9. The number of piperidine rings is 1. The van der Waals surface area contributed by atoms with Crippen LogP contribution in [0.5, 0.6) is 5.75 Å². The quantitative estimate of drug-likeness (QED) is 0.803. The first kappa shape index (κ1) is 20.4. The van der Waals surface area contributed by atoms with Crippen molar-refractivity contribution in [3.05, 3.63) is 54.1 Å². The third kappa shape index (κ3) is 4.54. The topological polar surface area (TPSA) is 75.7 Å². The molecule has 7 heteroatoms. The molecule has 2 aromatic rings. The fraction of sp³-hybridized carbons (Fsp3) is 0.381. The van der Waals surface area contributed by atoms with Gasteiger partial charge in [0.1, 0.15) is 5.75 Å². The number of carbonyl (C=O) groups is 1. The van der Waals surface area contributed by atoms with Gasteiger partial charge in [0.05, 0.1) is 11.5 Å². The average molecular weight is 403 g/mol. The third-order valence-electron chi connectivity index (χ3n) is 4.95. The number of nitrogens with one attached hydrogen (secondary N) is 1. The van der Waals surface area contributed by atoms with Crippen molar-refractivity contribution >= 4 is 21.6 Å². The molecule has 1 fully saturated rings. The van der Waals surface area contributed by atoms with E-state index < -0.39 is 10.0 Å². The van der Waals surface area contributed by atoms with Gasteiger partial charge < -0.3 is 10.1 Å². The summed E-state index contributed by atoms with van der Waals surface area (Å²) in [7, 11) is -3.58. The molecule has 150 valence electrons. The maximum Gasteiger partial charge on any atom is 0.243 e. The highest BCUT2D eigenvalue weighted by Crippen LogP contribution is 2.27. The summed E-state index contributed by atoms with van der Waals surface area (Å²) in [5.74, 6) is 0.451. The van der Waals surface area contributed by atoms with Gasteiger partial charge in [-0.15, -0.1) is 0 Å². The van der Waals surface area contributed by atoms with Crippen molar-refractivity contribution in [3.8, 4) is 5.75 Å². The Morgan fingerprint density at radius 3 is 2.43 bits per heavy atom. The number of ether oxygens (including phenoxy) is 1. The van der Waals surface area contributed by atoms with Gasteiger partial charge in [-0.2, -0.15) is 4.31 Å². The van der Waals surface area contributed by atoms with Crippen molar-refractivity contribution in [2.45, 2.75) is 31.6 Å². The fourth-order valence-electron chi connectivity index (χ4n) is 3.37. The highest BCUT2D eigenvalue weighted by Gasteiger charge is 2.32. The summed E-state index contributed by atoms with van der Waals surface area (Å²) in [5, 5.41) is 2.90. The molecule has 1 N–H and O–H groups in total. The fourth-order valence-corrected chi connectivity index (χ4v) is 4.93. The maximum absolute atomic E-state index is 13.0. The van der Waals surface area contributed by atoms with E-state index in [4.69, 9.17) is 4.74 Å². The molecule has 0 saturated carbocycles. The van der Waals surface area contributed by atoms with Gasteiger partial charge in [0, 0.05) is 24.7 Å². The monoisotopic (exact) mass is 402 g/mol. The van der Waals surface area contributed by atoms with Crippen LogP contribution in [0.3, 0.4) is 0 Å². The number of benzene rings is 2. The first-order valence-corrected chi connectivity index (χ1v) is 11.0. The zero-order chi connectivity index (χ0) is 20.1. The lowest BCUT2D eigenvalue weighted by atomic mass is 9.97. The molecule has 1 amide bonds. The molecule has 0 spiro atoms. The van der Waals surface area contributed by atoms with E-state index >= 15 is 0 Å². The Hall–Kier alpha value is -2.38. The van der Waals surface area contributed by atoms with Gasteiger partial charge in [-0.05, 0) is 62.6 Å². The molecular weight excluding hydrogens is 376 g/mol. The summed E-state index contributed by atoms with van der Waals surface area (Å²) in [6, 6.07) is 14.2. The lowest BCUT2D eigenvalue weighted by molar-refractivity contribution is -0.120. The Bertz CT molecular complexity index is 921. The van der Waals surface area contributed by atoms with Crippen molar-refractivity contribution in [2.24, 2.45) is 5.92 Å². The van der Waals surface area contributed by atoms with Crippen LogP contribution in [0.15, 0.2) is 53.4 Å². The Kier molecular flexibility index (Phi) is 6.36. The number of carbonyl (C=O) groups excluding carboxylic acids is 1. The van der Waals surface area contributed by atoms with E-state index in [0.717, 1.165) is 11.3 Å². The standard InChI is InChI=1S/C21H26N2O4S/c1-3-27-20-10-9-19(15-16(20)2)28(25,26)23-13-11-17(12-14-23)21(24)22-18-7-5-4-6-8-18/h4-10,15,17H,3,11-14H2,1-2H3,(H,22,24). The Morgan fingerprint density at radius 1 is 1.14 bits per heavy atom. The molecule has 28 heavy (non-hydrogen) atoms. The lowest BCUT2D eigenvalue weighted by Gasteiger charge is -2.30. The maximum atomic E-state index is 13.0. The van der Waals surface area contributed by atoms with Crippen LogP contribution in [0.1, 0.15) is 25.3 Å². The number of anilines is 1. The molecule has 0 aromatic heterocycles. The minimum absolute atomic E-state index is 0.0554. The smallest absolute Gasteiger partial charge is 0.243 e. The highest BCUT2D eigenvalue weighted by molar-refractivity contribution is 7.89. The summed E-state index contributed by atoms with van der Waals surface area (Å²) in [4.78, 5) is 12.7. The zero-order valence-electron chi connectivity index (χ0n) is 16.2. The molecule has 0 bridgehead atoms. The normalized spacial score (nSPS) is 15.9. The molecule has 0 aliphatic carbocycles. The van der Waals surface area contributed by atoms with Crippen LogP contribution in [0.2, 0.25) is 0 Å². The first-order valence-electron chi connectivity index (χ1n) is 9.51. The predicted molar refractivity (Wildman–Crippen MR) is 109 cm³/mol. The number of nitrogens with zero attached hydrogens (tertiary/aromatic N) is 1. The minimum atomic E-state index is -3.58. The van der Waals surface area contributed by atoms with Crippen molar-refractivity contribution in [2.75, 3.05) is 25.0 Å². The SMILES string of the molecule is CCOc1ccc(S(=O)(=O)N2CCC(C(=O)Nc3ccccc3)CC2)cc1C. The molecule has 0 atom stereocenters. The van der Waals surface area contributed by atoms with Gasteiger partial charge in [0.25, 0.3) is 0 Å². The van der Waals surface area contributed by atoms with E-state index in [9.17, 15) is 13.2 Å². The Labute approximate surface area is 166 Å². The largest absolute Gasteiger partial charge is 0.494 e. The molecule has 0 unspecified atom stereocenters. The van der Waals surface area contributed by atoms with Gasteiger partial charge in [-0.1, -0.05) is 18.2 Å². The molecular formula is C21H26N2O4S. The summed E-state index contributed by atoms with van der Waals surface area (Å²) in [5.41, 5.74) is 1.55. The van der Waals surface area contributed by atoms with Gasteiger partial charge in [-0.3, -0.25) is 4.79 Å². The van der Waals surface area contributed by atoms with Crippen LogP contribution < -0.4 is 10.1 Å². The number of para-hydroxylation sites is 1. The molecule has 1 aliphatic rings. The Morgan fingerprint density at radius 2 is 1.82 bits per heavy atom. The second-order valence-corrected chi connectivity index (χ2v) is 8.83. The number of hydrogen-bond donors (Lipinski definition) is 1. The summed E-state index contributed by atoms with van der Waals surface area (Å²) in [6.45, 7) is 4.93. The molecule has 1 saturated heterocycles. The average Bonchev–Trinajstić information content (AvgIpc) is 2.70. The minimum Gasteiger partial charge on any atom is -0.494 e. The number of aryl methyl sites for hydroxylation is 1. The van der Waals surface area contributed by atoms with Gasteiger partial charge in [0.15, 0.2) is 0 Å². The van der Waals surface area contributed by atoms with Crippen LogP contribution in [-0.4, -0.2) is 38.3 Å². The number of hydrogen-bond acceptors (Lipinski definition) is 4. The Balaban J connectivity index is 1.63. The van der Waals surface area contributed by atoms with E-state index in [1.807, 2.05) is 44.2 Å². The number of sulfonamides is 1. The van der Waals surface area contributed by atoms with Crippen molar-refractivity contribution < 1.29 is 17.9 Å². The summed E-state index contributed by atoms with van der Waals surface area (Å²) in [6.07, 6.45) is 1.02. The van der Waals surface area contributed by atoms with E-state index in [1.54, 1.807) is 18.2 Å². The number of rotatable bonds is 6. The molecule has 6 nitrogen and oxygen atoms in total. The second kappa shape index (κ2) is 8.75.